The molecule has 0 aliphatic carbocycles. The molecule has 3 aliphatic rings. The SMILES string of the molecule is O=C1COc2cccc(c2)-c2ccc(F)c(c2)C(=O)N[C@H]2CN(C(=O)c3ccc(C(F)(F)F)nc3)C[C@@H]2Oc2ccc(cc2)CN1. The van der Waals surface area contributed by atoms with Crippen LogP contribution in [0.4, 0.5) is 17.6 Å². The highest BCUT2D eigenvalue weighted by Gasteiger charge is 2.39. The molecule has 13 heteroatoms. The molecule has 2 atom stereocenters. The minimum absolute atomic E-state index is 0.0298. The lowest BCUT2D eigenvalue weighted by atomic mass is 10.0. The van der Waals surface area contributed by atoms with Crippen molar-refractivity contribution in [2.45, 2.75) is 24.9 Å². The first-order valence-electron chi connectivity index (χ1n) is 14.2. The number of nitrogens with one attached hydrogen (secondary N) is 2. The van der Waals surface area contributed by atoms with Crippen LogP contribution in [-0.4, -0.2) is 59.4 Å². The number of alkyl halides is 3. The number of likely N-dealkylation sites (tertiary alicyclic amines) is 1. The van der Waals surface area contributed by atoms with Gasteiger partial charge in [-0.25, -0.2) is 4.39 Å². The van der Waals surface area contributed by atoms with Crippen LogP contribution in [0.25, 0.3) is 11.1 Å². The Hall–Kier alpha value is -5.46. The second-order valence-electron chi connectivity index (χ2n) is 10.8. The fraction of sp³-hybridized carbons (Fsp3) is 0.212. The van der Waals surface area contributed by atoms with E-state index in [1.807, 2.05) is 0 Å². The first kappa shape index (κ1) is 30.6. The summed E-state index contributed by atoms with van der Waals surface area (Å²) in [6.45, 7) is -0.103. The fourth-order valence-corrected chi connectivity index (χ4v) is 5.22. The molecule has 1 saturated heterocycles. The molecule has 3 aliphatic heterocycles. The van der Waals surface area contributed by atoms with Crippen LogP contribution in [0.5, 0.6) is 11.5 Å². The molecule has 0 radical (unpaired) electrons. The van der Waals surface area contributed by atoms with Crippen LogP contribution in [0, 0.1) is 5.82 Å². The largest absolute Gasteiger partial charge is 0.486 e. The molecule has 3 aromatic carbocycles. The van der Waals surface area contributed by atoms with Gasteiger partial charge < -0.3 is 25.0 Å². The summed E-state index contributed by atoms with van der Waals surface area (Å²) in [6, 6.07) is 18.6. The highest BCUT2D eigenvalue weighted by Crippen LogP contribution is 2.29. The zero-order chi connectivity index (χ0) is 32.4. The fourth-order valence-electron chi connectivity index (χ4n) is 5.22. The minimum atomic E-state index is -4.66. The number of carbonyl (C=O) groups excluding carboxylic acids is 3. The molecule has 2 N–H and O–H groups in total. The van der Waals surface area contributed by atoms with E-state index >= 15 is 4.39 Å². The molecule has 46 heavy (non-hydrogen) atoms. The molecule has 3 amide bonds. The molecule has 0 spiro atoms. The zero-order valence-corrected chi connectivity index (χ0v) is 24.0. The van der Waals surface area contributed by atoms with Crippen molar-refractivity contribution < 1.29 is 41.4 Å². The first-order valence-corrected chi connectivity index (χ1v) is 14.2. The van der Waals surface area contributed by atoms with Crippen LogP contribution < -0.4 is 20.1 Å². The number of rotatable bonds is 1. The smallest absolute Gasteiger partial charge is 0.433 e. The van der Waals surface area contributed by atoms with Gasteiger partial charge >= 0.3 is 6.18 Å². The number of pyridine rings is 1. The van der Waals surface area contributed by atoms with Crippen molar-refractivity contribution in [3.05, 3.63) is 113 Å². The number of halogens is 4. The summed E-state index contributed by atoms with van der Waals surface area (Å²) in [5, 5.41) is 5.57. The molecule has 1 fully saturated rings. The molecule has 4 heterocycles. The number of nitrogens with zero attached hydrogens (tertiary/aromatic N) is 2. The van der Waals surface area contributed by atoms with E-state index in [1.54, 1.807) is 48.5 Å². The monoisotopic (exact) mass is 634 g/mol. The Balaban J connectivity index is 1.31. The van der Waals surface area contributed by atoms with Gasteiger partial charge in [-0.3, -0.25) is 19.4 Å². The molecule has 0 saturated carbocycles. The third kappa shape index (κ3) is 6.77. The number of hydrogen-bond acceptors (Lipinski definition) is 6. The summed E-state index contributed by atoms with van der Waals surface area (Å²) in [7, 11) is 0. The van der Waals surface area contributed by atoms with Gasteiger partial charge in [0.2, 0.25) is 0 Å². The van der Waals surface area contributed by atoms with Crippen LogP contribution in [0.15, 0.2) is 85.1 Å². The Bertz CT molecular complexity index is 1780. The van der Waals surface area contributed by atoms with Crippen molar-refractivity contribution >= 4 is 17.7 Å². The average Bonchev–Trinajstić information content (AvgIpc) is 3.44. The summed E-state index contributed by atoms with van der Waals surface area (Å²) in [5.74, 6) is -1.68. The molecular formula is C33H26F4N4O5. The maximum Gasteiger partial charge on any atom is 0.433 e. The van der Waals surface area contributed by atoms with E-state index in [0.29, 0.717) is 22.6 Å². The molecule has 0 unspecified atom stereocenters. The summed E-state index contributed by atoms with van der Waals surface area (Å²) < 4.78 is 65.8. The van der Waals surface area contributed by atoms with Crippen LogP contribution >= 0.6 is 0 Å². The third-order valence-electron chi connectivity index (χ3n) is 7.62. The lowest BCUT2D eigenvalue weighted by Gasteiger charge is -2.21. The summed E-state index contributed by atoms with van der Waals surface area (Å²) in [6.07, 6.45) is -4.61. The second kappa shape index (κ2) is 12.5. The van der Waals surface area contributed by atoms with Gasteiger partial charge in [-0.15, -0.1) is 0 Å². The third-order valence-corrected chi connectivity index (χ3v) is 7.62. The number of benzene rings is 3. The van der Waals surface area contributed by atoms with Crippen LogP contribution in [0.2, 0.25) is 0 Å². The molecule has 6 bridgehead atoms. The van der Waals surface area contributed by atoms with E-state index < -0.39 is 41.6 Å². The Morgan fingerprint density at radius 3 is 2.43 bits per heavy atom. The maximum absolute atomic E-state index is 15.0. The zero-order valence-electron chi connectivity index (χ0n) is 24.0. The van der Waals surface area contributed by atoms with Gasteiger partial charge in [0.15, 0.2) is 6.61 Å². The van der Waals surface area contributed by atoms with Gasteiger partial charge in [-0.05, 0) is 65.2 Å². The summed E-state index contributed by atoms with van der Waals surface area (Å²) >= 11 is 0. The lowest BCUT2D eigenvalue weighted by molar-refractivity contribution is -0.141. The van der Waals surface area contributed by atoms with Gasteiger partial charge in [0.05, 0.1) is 23.7 Å². The molecule has 4 aromatic rings. The highest BCUT2D eigenvalue weighted by atomic mass is 19.4. The maximum atomic E-state index is 15.0. The van der Waals surface area contributed by atoms with Crippen LogP contribution in [0.1, 0.15) is 32.0 Å². The van der Waals surface area contributed by atoms with Gasteiger partial charge in [-0.1, -0.05) is 30.3 Å². The number of fused-ring (bicyclic) bond motifs is 7. The summed E-state index contributed by atoms with van der Waals surface area (Å²) in [5.41, 5.74) is 0.440. The number of hydrogen-bond donors (Lipinski definition) is 2. The van der Waals surface area contributed by atoms with E-state index in [2.05, 4.69) is 15.6 Å². The Morgan fingerprint density at radius 2 is 1.70 bits per heavy atom. The van der Waals surface area contributed by atoms with Gasteiger partial charge in [0, 0.05) is 19.3 Å². The molecule has 9 nitrogen and oxygen atoms in total. The van der Waals surface area contributed by atoms with Crippen molar-refractivity contribution in [1.29, 1.82) is 0 Å². The number of ether oxygens (including phenoxy) is 2. The predicted molar refractivity (Wildman–Crippen MR) is 156 cm³/mol. The minimum Gasteiger partial charge on any atom is -0.486 e. The van der Waals surface area contributed by atoms with Gasteiger partial charge in [0.1, 0.15) is 29.1 Å². The van der Waals surface area contributed by atoms with Crippen LogP contribution in [0.3, 0.4) is 0 Å². The molecule has 236 valence electrons. The van der Waals surface area contributed by atoms with Crippen molar-refractivity contribution in [1.82, 2.24) is 20.5 Å². The Labute approximate surface area is 260 Å². The highest BCUT2D eigenvalue weighted by molar-refractivity contribution is 5.97. The number of carbonyl (C=O) groups is 3. The van der Waals surface area contributed by atoms with E-state index in [9.17, 15) is 27.6 Å². The van der Waals surface area contributed by atoms with Crippen molar-refractivity contribution in [3.63, 3.8) is 0 Å². The topological polar surface area (TPSA) is 110 Å². The Morgan fingerprint density at radius 1 is 0.913 bits per heavy atom. The second-order valence-corrected chi connectivity index (χ2v) is 10.8. The lowest BCUT2D eigenvalue weighted by Crippen LogP contribution is -2.45. The number of amides is 3. The van der Waals surface area contributed by atoms with E-state index in [-0.39, 0.29) is 43.3 Å². The number of aromatic nitrogens is 1. The normalized spacial score (nSPS) is 18.5. The molecular weight excluding hydrogens is 608 g/mol. The van der Waals surface area contributed by atoms with Crippen molar-refractivity contribution in [2.24, 2.45) is 0 Å². The first-order chi connectivity index (χ1) is 22.0. The van der Waals surface area contributed by atoms with Crippen molar-refractivity contribution in [3.8, 4) is 22.6 Å². The van der Waals surface area contributed by atoms with E-state index in [1.165, 1.54) is 17.0 Å². The molecule has 7 rings (SSSR count). The van der Waals surface area contributed by atoms with E-state index in [4.69, 9.17) is 9.47 Å². The van der Waals surface area contributed by atoms with E-state index in [0.717, 1.165) is 30.0 Å². The predicted octanol–water partition coefficient (Wildman–Crippen LogP) is 4.62. The standard InChI is InChI=1S/C33H26F4N4O5/c34-26-10-6-21-13-25(26)31(43)40-27-16-41(32(44)22-7-11-29(38-15-22)33(35,36)37)17-28(27)46-23-8-4-19(5-9-23)14-39-30(42)18-45-24-3-1-2-20(21)12-24/h1-13,15,27-28H,14,16-18H2,(H,39,42)(H,40,43)/t27-,28-/m0/s1. The van der Waals surface area contributed by atoms with Gasteiger partial charge in [0.25, 0.3) is 17.7 Å². The Kier molecular flexibility index (Phi) is 8.31. The average molecular weight is 635 g/mol. The van der Waals surface area contributed by atoms with Gasteiger partial charge in [-0.2, -0.15) is 13.2 Å². The summed E-state index contributed by atoms with van der Waals surface area (Å²) in [4.78, 5) is 43.9. The van der Waals surface area contributed by atoms with Crippen LogP contribution in [-0.2, 0) is 17.5 Å². The quantitative estimate of drug-likeness (QED) is 0.296. The van der Waals surface area contributed by atoms with Crippen molar-refractivity contribution in [2.75, 3.05) is 19.7 Å². The molecule has 1 aromatic heterocycles.